The van der Waals surface area contributed by atoms with Crippen LogP contribution in [0.4, 0.5) is 0 Å². The average molecular weight is 309 g/mol. The molecule has 1 N–H and O–H groups in total. The van der Waals surface area contributed by atoms with Crippen molar-refractivity contribution in [2.45, 2.75) is 25.4 Å². The molecule has 0 aliphatic carbocycles. The lowest BCUT2D eigenvalue weighted by Crippen LogP contribution is -2.36. The summed E-state index contributed by atoms with van der Waals surface area (Å²) in [6.45, 7) is 2.83. The van der Waals surface area contributed by atoms with Crippen LogP contribution in [0.25, 0.3) is 11.0 Å². The molecule has 0 saturated carbocycles. The molecule has 4 rings (SSSR count). The zero-order chi connectivity index (χ0) is 15.6. The lowest BCUT2D eigenvalue weighted by Gasteiger charge is -2.32. The first-order valence-electron chi connectivity index (χ1n) is 7.97. The number of imidazole rings is 1. The fourth-order valence-corrected chi connectivity index (χ4v) is 3.44. The summed E-state index contributed by atoms with van der Waals surface area (Å²) in [5.74, 6) is 0. The van der Waals surface area contributed by atoms with E-state index < -0.39 is 0 Å². The Morgan fingerprint density at radius 1 is 1.13 bits per heavy atom. The molecular weight excluding hydrogens is 290 g/mol. The maximum absolute atomic E-state index is 12.3. The van der Waals surface area contributed by atoms with E-state index in [9.17, 15) is 4.79 Å². The lowest BCUT2D eigenvalue weighted by atomic mass is 10.0. The zero-order valence-electron chi connectivity index (χ0n) is 12.9. The topological polar surface area (TPSA) is 66.8 Å². The predicted octanol–water partition coefficient (Wildman–Crippen LogP) is 1.96. The highest BCUT2D eigenvalue weighted by Gasteiger charge is 2.23. The van der Waals surface area contributed by atoms with Crippen molar-refractivity contribution in [3.05, 3.63) is 59.0 Å². The Hall–Kier alpha value is -2.47. The van der Waals surface area contributed by atoms with Crippen LogP contribution in [0.15, 0.2) is 47.8 Å². The number of aromatic nitrogens is 4. The van der Waals surface area contributed by atoms with Crippen molar-refractivity contribution in [1.82, 2.24) is 24.4 Å². The summed E-state index contributed by atoms with van der Waals surface area (Å²) in [4.78, 5) is 25.8. The fraction of sp³-hybridized carbons (Fsp3) is 0.353. The van der Waals surface area contributed by atoms with Crippen LogP contribution in [0.2, 0.25) is 0 Å². The monoisotopic (exact) mass is 309 g/mol. The van der Waals surface area contributed by atoms with Gasteiger partial charge in [-0.15, -0.1) is 0 Å². The maximum Gasteiger partial charge on any atom is 0.326 e. The number of para-hydroxylation sites is 2. The fourth-order valence-electron chi connectivity index (χ4n) is 3.44. The van der Waals surface area contributed by atoms with Crippen LogP contribution in [0.5, 0.6) is 0 Å². The molecule has 0 amide bonds. The molecule has 3 aromatic rings. The van der Waals surface area contributed by atoms with Crippen LogP contribution >= 0.6 is 0 Å². The van der Waals surface area contributed by atoms with Gasteiger partial charge in [0.2, 0.25) is 0 Å². The van der Waals surface area contributed by atoms with Crippen LogP contribution in [0.3, 0.4) is 0 Å². The molecule has 0 unspecified atom stereocenters. The van der Waals surface area contributed by atoms with Crippen LogP contribution in [-0.2, 0) is 6.54 Å². The van der Waals surface area contributed by atoms with E-state index in [1.54, 1.807) is 6.33 Å². The number of hydrogen-bond donors (Lipinski definition) is 1. The first-order chi connectivity index (χ1) is 11.3. The summed E-state index contributed by atoms with van der Waals surface area (Å²) >= 11 is 0. The SMILES string of the molecule is O=c1[nH]c2ccccc2n1C1CCN(Cc2cncnc2)CC1. The minimum absolute atomic E-state index is 0.00103. The number of hydrogen-bond acceptors (Lipinski definition) is 4. The van der Waals surface area contributed by atoms with Gasteiger partial charge in [-0.1, -0.05) is 12.1 Å². The Morgan fingerprint density at radius 3 is 2.65 bits per heavy atom. The van der Waals surface area contributed by atoms with E-state index in [1.807, 2.05) is 41.2 Å². The zero-order valence-corrected chi connectivity index (χ0v) is 12.9. The van der Waals surface area contributed by atoms with E-state index >= 15 is 0 Å². The summed E-state index contributed by atoms with van der Waals surface area (Å²) in [5, 5.41) is 0. The Balaban J connectivity index is 1.49. The van der Waals surface area contributed by atoms with E-state index in [1.165, 1.54) is 0 Å². The second kappa shape index (κ2) is 5.96. The molecule has 0 spiro atoms. The predicted molar refractivity (Wildman–Crippen MR) is 88.1 cm³/mol. The van der Waals surface area contributed by atoms with Gasteiger partial charge in [-0.3, -0.25) is 9.47 Å². The molecule has 6 heteroatoms. The van der Waals surface area contributed by atoms with E-state index in [4.69, 9.17) is 0 Å². The van der Waals surface area contributed by atoms with Gasteiger partial charge in [0.25, 0.3) is 0 Å². The third-order valence-electron chi connectivity index (χ3n) is 4.57. The van der Waals surface area contributed by atoms with Gasteiger partial charge in [-0.05, 0) is 25.0 Å². The molecule has 6 nitrogen and oxygen atoms in total. The Labute approximate surface area is 133 Å². The van der Waals surface area contributed by atoms with E-state index in [0.717, 1.165) is 49.1 Å². The molecule has 2 aromatic heterocycles. The van der Waals surface area contributed by atoms with Crippen molar-refractivity contribution in [3.8, 4) is 0 Å². The van der Waals surface area contributed by atoms with Gasteiger partial charge in [0.1, 0.15) is 6.33 Å². The highest BCUT2D eigenvalue weighted by Crippen LogP contribution is 2.25. The van der Waals surface area contributed by atoms with Crippen molar-refractivity contribution in [2.75, 3.05) is 13.1 Å². The quantitative estimate of drug-likeness (QED) is 0.803. The second-order valence-electron chi connectivity index (χ2n) is 6.07. The van der Waals surface area contributed by atoms with Gasteiger partial charge in [0, 0.05) is 43.6 Å². The van der Waals surface area contributed by atoms with E-state index in [2.05, 4.69) is 19.9 Å². The summed E-state index contributed by atoms with van der Waals surface area (Å²) in [7, 11) is 0. The summed E-state index contributed by atoms with van der Waals surface area (Å²) in [6, 6.07) is 8.17. The molecule has 3 heterocycles. The molecule has 0 bridgehead atoms. The minimum atomic E-state index is 0.00103. The largest absolute Gasteiger partial charge is 0.326 e. The average Bonchev–Trinajstić information content (AvgIpc) is 2.92. The Kier molecular flexibility index (Phi) is 3.67. The number of benzene rings is 1. The molecule has 0 atom stereocenters. The van der Waals surface area contributed by atoms with Gasteiger partial charge < -0.3 is 4.98 Å². The summed E-state index contributed by atoms with van der Waals surface area (Å²) < 4.78 is 1.93. The highest BCUT2D eigenvalue weighted by molar-refractivity contribution is 5.75. The molecule has 1 saturated heterocycles. The Morgan fingerprint density at radius 2 is 1.87 bits per heavy atom. The number of rotatable bonds is 3. The third kappa shape index (κ3) is 2.77. The van der Waals surface area contributed by atoms with Crippen LogP contribution in [0, 0.1) is 0 Å². The van der Waals surface area contributed by atoms with Crippen LogP contribution < -0.4 is 5.69 Å². The van der Waals surface area contributed by atoms with Crippen LogP contribution in [-0.4, -0.2) is 37.5 Å². The number of piperidine rings is 1. The number of likely N-dealkylation sites (tertiary alicyclic amines) is 1. The molecule has 1 aliphatic rings. The lowest BCUT2D eigenvalue weighted by molar-refractivity contribution is 0.179. The molecule has 1 aliphatic heterocycles. The van der Waals surface area contributed by atoms with E-state index in [0.29, 0.717) is 0 Å². The smallest absolute Gasteiger partial charge is 0.306 e. The molecule has 1 aromatic carbocycles. The maximum atomic E-state index is 12.3. The van der Waals surface area contributed by atoms with Gasteiger partial charge in [-0.2, -0.15) is 0 Å². The first-order valence-corrected chi connectivity index (χ1v) is 7.97. The van der Waals surface area contributed by atoms with Gasteiger partial charge in [0.15, 0.2) is 0 Å². The normalized spacial score (nSPS) is 16.9. The molecule has 0 radical (unpaired) electrons. The number of H-pyrrole nitrogens is 1. The molecule has 23 heavy (non-hydrogen) atoms. The van der Waals surface area contributed by atoms with Crippen molar-refractivity contribution in [1.29, 1.82) is 0 Å². The number of nitrogens with zero attached hydrogens (tertiary/aromatic N) is 4. The molecule has 1 fully saturated rings. The van der Waals surface area contributed by atoms with Gasteiger partial charge >= 0.3 is 5.69 Å². The van der Waals surface area contributed by atoms with Crippen LogP contribution in [0.1, 0.15) is 24.4 Å². The minimum Gasteiger partial charge on any atom is -0.306 e. The molecule has 118 valence electrons. The second-order valence-corrected chi connectivity index (χ2v) is 6.07. The molecular formula is C17H19N5O. The summed E-state index contributed by atoms with van der Waals surface area (Å²) in [6.07, 6.45) is 7.25. The van der Waals surface area contributed by atoms with Crippen molar-refractivity contribution < 1.29 is 0 Å². The van der Waals surface area contributed by atoms with E-state index in [-0.39, 0.29) is 11.7 Å². The number of nitrogens with one attached hydrogen (secondary N) is 1. The third-order valence-corrected chi connectivity index (χ3v) is 4.57. The van der Waals surface area contributed by atoms with Crippen molar-refractivity contribution in [3.63, 3.8) is 0 Å². The highest BCUT2D eigenvalue weighted by atomic mass is 16.1. The Bertz CT molecular complexity index is 846. The first kappa shape index (κ1) is 14.1. The standard InChI is InChI=1S/C17H19N5O/c23-17-20-15-3-1-2-4-16(15)22(17)14-5-7-21(8-6-14)11-13-9-18-12-19-10-13/h1-4,9-10,12,14H,5-8,11H2,(H,20,23). The van der Waals surface area contributed by atoms with Crippen molar-refractivity contribution >= 4 is 11.0 Å². The number of fused-ring (bicyclic) bond motifs is 1. The van der Waals surface area contributed by atoms with Crippen molar-refractivity contribution in [2.24, 2.45) is 0 Å². The number of aromatic amines is 1. The summed E-state index contributed by atoms with van der Waals surface area (Å²) in [5.41, 5.74) is 3.06. The van der Waals surface area contributed by atoms with Gasteiger partial charge in [-0.25, -0.2) is 14.8 Å². The van der Waals surface area contributed by atoms with Gasteiger partial charge in [0.05, 0.1) is 11.0 Å².